The van der Waals surface area contributed by atoms with Crippen molar-refractivity contribution in [2.24, 2.45) is 5.73 Å². The number of aromatic amines is 1. The predicted octanol–water partition coefficient (Wildman–Crippen LogP) is 2.99. The minimum Gasteiger partial charge on any atom is -0.364 e. The highest BCUT2D eigenvalue weighted by atomic mass is 32.1. The van der Waals surface area contributed by atoms with E-state index in [2.05, 4.69) is 15.3 Å². The van der Waals surface area contributed by atoms with Crippen molar-refractivity contribution in [2.75, 3.05) is 18.4 Å². The lowest BCUT2D eigenvalue weighted by Crippen LogP contribution is -2.32. The van der Waals surface area contributed by atoms with E-state index in [0.29, 0.717) is 29.4 Å². The first-order valence-corrected chi connectivity index (χ1v) is 10.3. The van der Waals surface area contributed by atoms with E-state index in [1.54, 1.807) is 17.6 Å². The van der Waals surface area contributed by atoms with Crippen LogP contribution in [0.4, 0.5) is 5.13 Å². The summed E-state index contributed by atoms with van der Waals surface area (Å²) in [5.41, 5.74) is 6.90. The third-order valence-corrected chi connectivity index (χ3v) is 4.89. The number of carbonyl (C=O) groups is 3. The molecule has 2 aromatic rings. The van der Waals surface area contributed by atoms with Crippen molar-refractivity contribution >= 4 is 34.2 Å². The van der Waals surface area contributed by atoms with Crippen molar-refractivity contribution in [2.45, 2.75) is 46.0 Å². The van der Waals surface area contributed by atoms with Gasteiger partial charge in [-0.3, -0.25) is 14.4 Å². The quantitative estimate of drug-likeness (QED) is 0.532. The van der Waals surface area contributed by atoms with Gasteiger partial charge in [0.1, 0.15) is 5.69 Å². The first-order valence-electron chi connectivity index (χ1n) is 9.46. The number of nitrogens with one attached hydrogen (secondary N) is 2. The van der Waals surface area contributed by atoms with Gasteiger partial charge in [-0.1, -0.05) is 13.8 Å². The largest absolute Gasteiger partial charge is 0.364 e. The molecule has 0 aliphatic heterocycles. The molecule has 0 aliphatic rings. The summed E-state index contributed by atoms with van der Waals surface area (Å²) in [6.45, 7) is 5.62. The van der Waals surface area contributed by atoms with Crippen molar-refractivity contribution in [1.29, 1.82) is 0 Å². The van der Waals surface area contributed by atoms with E-state index in [4.69, 9.17) is 5.73 Å². The molecule has 3 amide bonds. The molecular weight excluding hydrogens is 378 g/mol. The standard InChI is InChI=1S/C19H27N5O3S/c1-3-8-24(9-4-2)17(26)7-5-6-16(25)23-19-22-15(12-28-19)13-10-14(18(20)27)21-11-13/h10-12,21H,3-9H2,1-2H3,(H2,20,27)(H,22,23,25). The molecule has 8 nitrogen and oxygen atoms in total. The second-order valence-corrected chi connectivity index (χ2v) is 7.34. The molecule has 0 saturated carbocycles. The van der Waals surface area contributed by atoms with Crippen molar-refractivity contribution in [3.05, 3.63) is 23.3 Å². The number of hydrogen-bond donors (Lipinski definition) is 3. The Kier molecular flexibility index (Phi) is 8.19. The maximum absolute atomic E-state index is 12.2. The van der Waals surface area contributed by atoms with E-state index in [0.717, 1.165) is 31.5 Å². The number of primary amides is 1. The summed E-state index contributed by atoms with van der Waals surface area (Å²) in [5.74, 6) is -0.607. The molecule has 0 saturated heterocycles. The van der Waals surface area contributed by atoms with Gasteiger partial charge in [-0.05, 0) is 25.3 Å². The van der Waals surface area contributed by atoms with Gasteiger partial charge < -0.3 is 20.9 Å². The molecule has 0 aliphatic carbocycles. The summed E-state index contributed by atoms with van der Waals surface area (Å²) >= 11 is 1.30. The smallest absolute Gasteiger partial charge is 0.265 e. The van der Waals surface area contributed by atoms with Crippen LogP contribution in [0.25, 0.3) is 11.3 Å². The number of anilines is 1. The molecule has 2 rings (SSSR count). The molecule has 0 bridgehead atoms. The van der Waals surface area contributed by atoms with Gasteiger partial charge in [0, 0.05) is 43.1 Å². The van der Waals surface area contributed by atoms with E-state index >= 15 is 0 Å². The second-order valence-electron chi connectivity index (χ2n) is 6.49. The van der Waals surface area contributed by atoms with Gasteiger partial charge in [-0.15, -0.1) is 11.3 Å². The Bertz CT molecular complexity index is 808. The van der Waals surface area contributed by atoms with Crippen molar-refractivity contribution in [3.8, 4) is 11.3 Å². The number of H-pyrrole nitrogens is 1. The van der Waals surface area contributed by atoms with Crippen LogP contribution in [0.2, 0.25) is 0 Å². The van der Waals surface area contributed by atoms with E-state index in [1.807, 2.05) is 18.7 Å². The topological polar surface area (TPSA) is 121 Å². The van der Waals surface area contributed by atoms with Gasteiger partial charge in [-0.25, -0.2) is 4.98 Å². The molecular formula is C19H27N5O3S. The van der Waals surface area contributed by atoms with E-state index in [-0.39, 0.29) is 18.2 Å². The van der Waals surface area contributed by atoms with E-state index in [9.17, 15) is 14.4 Å². The Morgan fingerprint density at radius 3 is 2.54 bits per heavy atom. The fraction of sp³-hybridized carbons (Fsp3) is 0.474. The first-order chi connectivity index (χ1) is 13.4. The van der Waals surface area contributed by atoms with Crippen molar-refractivity contribution in [3.63, 3.8) is 0 Å². The third-order valence-electron chi connectivity index (χ3n) is 4.13. The number of rotatable bonds is 11. The molecule has 0 unspecified atom stereocenters. The average Bonchev–Trinajstić information content (AvgIpc) is 3.30. The molecule has 2 aromatic heterocycles. The van der Waals surface area contributed by atoms with Crippen molar-refractivity contribution < 1.29 is 14.4 Å². The molecule has 2 heterocycles. The van der Waals surface area contributed by atoms with Crippen LogP contribution in [0.15, 0.2) is 17.6 Å². The average molecular weight is 406 g/mol. The molecule has 4 N–H and O–H groups in total. The lowest BCUT2D eigenvalue weighted by atomic mass is 10.2. The fourth-order valence-electron chi connectivity index (χ4n) is 2.79. The molecule has 0 atom stereocenters. The summed E-state index contributed by atoms with van der Waals surface area (Å²) in [6, 6.07) is 1.62. The number of nitrogens with zero attached hydrogens (tertiary/aromatic N) is 2. The van der Waals surface area contributed by atoms with Gasteiger partial charge in [0.25, 0.3) is 5.91 Å². The zero-order valence-corrected chi connectivity index (χ0v) is 17.1. The lowest BCUT2D eigenvalue weighted by Gasteiger charge is -2.21. The number of nitrogens with two attached hydrogens (primary N) is 1. The lowest BCUT2D eigenvalue weighted by molar-refractivity contribution is -0.131. The summed E-state index contributed by atoms with van der Waals surface area (Å²) in [6.07, 6.45) is 4.65. The Hall–Kier alpha value is -2.68. The van der Waals surface area contributed by atoms with Crippen LogP contribution in [0, 0.1) is 0 Å². The van der Waals surface area contributed by atoms with Gasteiger partial charge in [0.2, 0.25) is 11.8 Å². The van der Waals surface area contributed by atoms with Crippen LogP contribution in [-0.2, 0) is 9.59 Å². The van der Waals surface area contributed by atoms with Crippen molar-refractivity contribution in [1.82, 2.24) is 14.9 Å². The van der Waals surface area contributed by atoms with Gasteiger partial charge in [0.15, 0.2) is 5.13 Å². The molecule has 0 fully saturated rings. The van der Waals surface area contributed by atoms with Crippen LogP contribution in [0.5, 0.6) is 0 Å². The van der Waals surface area contributed by atoms with Crippen LogP contribution in [0.3, 0.4) is 0 Å². The summed E-state index contributed by atoms with van der Waals surface area (Å²) in [5, 5.41) is 5.03. The van der Waals surface area contributed by atoms with Gasteiger partial charge >= 0.3 is 0 Å². The van der Waals surface area contributed by atoms with E-state index in [1.165, 1.54) is 11.3 Å². The zero-order chi connectivity index (χ0) is 20.5. The number of aromatic nitrogens is 2. The Morgan fingerprint density at radius 2 is 1.93 bits per heavy atom. The first kappa shape index (κ1) is 21.6. The highest BCUT2D eigenvalue weighted by Crippen LogP contribution is 2.25. The molecule has 152 valence electrons. The van der Waals surface area contributed by atoms with Crippen LogP contribution in [-0.4, -0.2) is 45.7 Å². The monoisotopic (exact) mass is 405 g/mol. The highest BCUT2D eigenvalue weighted by Gasteiger charge is 2.14. The summed E-state index contributed by atoms with van der Waals surface area (Å²) in [7, 11) is 0. The van der Waals surface area contributed by atoms with E-state index < -0.39 is 5.91 Å². The molecule has 28 heavy (non-hydrogen) atoms. The van der Waals surface area contributed by atoms with Crippen LogP contribution < -0.4 is 11.1 Å². The zero-order valence-electron chi connectivity index (χ0n) is 16.3. The minimum atomic E-state index is -0.541. The minimum absolute atomic E-state index is 0.103. The Labute approximate surface area is 168 Å². The fourth-order valence-corrected chi connectivity index (χ4v) is 3.53. The highest BCUT2D eigenvalue weighted by molar-refractivity contribution is 7.14. The molecule has 0 spiro atoms. The molecule has 9 heteroatoms. The number of hydrogen-bond acceptors (Lipinski definition) is 5. The summed E-state index contributed by atoms with van der Waals surface area (Å²) in [4.78, 5) is 44.5. The summed E-state index contributed by atoms with van der Waals surface area (Å²) < 4.78 is 0. The number of amides is 3. The molecule has 0 aromatic carbocycles. The van der Waals surface area contributed by atoms with Crippen LogP contribution >= 0.6 is 11.3 Å². The van der Waals surface area contributed by atoms with Gasteiger partial charge in [-0.2, -0.15) is 0 Å². The van der Waals surface area contributed by atoms with Crippen LogP contribution in [0.1, 0.15) is 56.4 Å². The number of carbonyl (C=O) groups excluding carboxylic acids is 3. The maximum atomic E-state index is 12.2. The molecule has 0 radical (unpaired) electrons. The van der Waals surface area contributed by atoms with Gasteiger partial charge in [0.05, 0.1) is 5.69 Å². The third kappa shape index (κ3) is 6.19. The predicted molar refractivity (Wildman–Crippen MR) is 110 cm³/mol. The second kappa shape index (κ2) is 10.6. The Morgan fingerprint density at radius 1 is 1.21 bits per heavy atom. The maximum Gasteiger partial charge on any atom is 0.265 e. The SMILES string of the molecule is CCCN(CCC)C(=O)CCCC(=O)Nc1nc(-c2c[nH]c(C(N)=O)c2)cs1. The number of thiazole rings is 1. The normalized spacial score (nSPS) is 10.6. The Balaban J connectivity index is 1.81.